The molecule has 168 valence electrons. The molecular formula is C23H31N3O5. The zero-order valence-corrected chi connectivity index (χ0v) is 18.7. The van der Waals surface area contributed by atoms with E-state index in [2.05, 4.69) is 6.07 Å². The number of amides is 2. The number of hydrogen-bond donors (Lipinski definition) is 0. The van der Waals surface area contributed by atoms with Crippen LogP contribution in [0.3, 0.4) is 0 Å². The lowest BCUT2D eigenvalue weighted by atomic mass is 9.99. The second-order valence-corrected chi connectivity index (χ2v) is 8.42. The van der Waals surface area contributed by atoms with E-state index in [0.29, 0.717) is 23.4 Å². The highest BCUT2D eigenvalue weighted by atomic mass is 16.6. The third-order valence-electron chi connectivity index (χ3n) is 6.08. The van der Waals surface area contributed by atoms with Gasteiger partial charge in [-0.15, -0.1) is 0 Å². The number of carbonyl (C=O) groups is 2. The number of fused-ring (bicyclic) bond motifs is 3. The second-order valence-electron chi connectivity index (χ2n) is 8.42. The van der Waals surface area contributed by atoms with Crippen molar-refractivity contribution in [2.24, 2.45) is 5.92 Å². The Morgan fingerprint density at radius 1 is 1.16 bits per heavy atom. The number of carbonyl (C=O) groups excluding carboxylic acids is 2. The fraction of sp³-hybridized carbons (Fsp3) is 0.609. The van der Waals surface area contributed by atoms with Crippen LogP contribution in [-0.2, 0) is 14.3 Å². The molecular weight excluding hydrogens is 398 g/mol. The van der Waals surface area contributed by atoms with Gasteiger partial charge in [-0.25, -0.2) is 0 Å². The van der Waals surface area contributed by atoms with Crippen LogP contribution < -0.4 is 4.74 Å². The maximum atomic E-state index is 13.2. The molecule has 2 aliphatic rings. The van der Waals surface area contributed by atoms with E-state index in [0.717, 1.165) is 19.3 Å². The standard InChI is InChI=1S/C23H31N3O5/c1-15-13-26(3)23(28)18-11-16(12-24)5-7-19(18)30-14-21-20(29-4)8-6-17(31-21)9-10-25(2)22(15)27/h5,7,11,15,17,20-21H,6,8-10,13-14H2,1-4H3/t15-,17+,20-,21-/m0/s1. The van der Waals surface area contributed by atoms with Gasteiger partial charge in [0.1, 0.15) is 18.5 Å². The Hall–Kier alpha value is -2.63. The Kier molecular flexibility index (Phi) is 7.52. The molecule has 1 aromatic rings. The van der Waals surface area contributed by atoms with Gasteiger partial charge in [-0.2, -0.15) is 5.26 Å². The molecule has 0 aliphatic carbocycles. The molecule has 4 atom stereocenters. The summed E-state index contributed by atoms with van der Waals surface area (Å²) in [6.07, 6.45) is 2.05. The topological polar surface area (TPSA) is 92.1 Å². The van der Waals surface area contributed by atoms with Gasteiger partial charge in [-0.05, 0) is 37.5 Å². The minimum Gasteiger partial charge on any atom is -0.490 e. The van der Waals surface area contributed by atoms with Gasteiger partial charge < -0.3 is 24.0 Å². The first kappa shape index (κ1) is 23.0. The van der Waals surface area contributed by atoms with Crippen molar-refractivity contribution < 1.29 is 23.8 Å². The number of nitriles is 1. The molecule has 2 aliphatic heterocycles. The Morgan fingerprint density at radius 3 is 2.65 bits per heavy atom. The zero-order chi connectivity index (χ0) is 22.5. The predicted octanol–water partition coefficient (Wildman–Crippen LogP) is 2.07. The monoisotopic (exact) mass is 429 g/mol. The molecule has 0 unspecified atom stereocenters. The lowest BCUT2D eigenvalue weighted by Crippen LogP contribution is -2.44. The molecule has 2 amide bonds. The van der Waals surface area contributed by atoms with Gasteiger partial charge >= 0.3 is 0 Å². The van der Waals surface area contributed by atoms with Crippen molar-refractivity contribution in [3.05, 3.63) is 29.3 Å². The highest BCUT2D eigenvalue weighted by Gasteiger charge is 2.33. The van der Waals surface area contributed by atoms with E-state index >= 15 is 0 Å². The molecule has 2 heterocycles. The van der Waals surface area contributed by atoms with Crippen LogP contribution in [0, 0.1) is 17.2 Å². The molecule has 3 rings (SSSR count). The Balaban J connectivity index is 1.94. The third kappa shape index (κ3) is 5.35. The SMILES string of the molecule is CO[C@H]1CC[C@@H]2CCN(C)C(=O)[C@@H](C)CN(C)C(=O)c3cc(C#N)ccc3OC[C@@H]1O2. The summed E-state index contributed by atoms with van der Waals surface area (Å²) in [4.78, 5) is 29.2. The van der Waals surface area contributed by atoms with Crippen LogP contribution in [0.25, 0.3) is 0 Å². The maximum absolute atomic E-state index is 13.2. The Bertz CT molecular complexity index is 852. The Morgan fingerprint density at radius 2 is 1.94 bits per heavy atom. The van der Waals surface area contributed by atoms with Crippen molar-refractivity contribution in [3.63, 3.8) is 0 Å². The minimum atomic E-state index is -0.356. The minimum absolute atomic E-state index is 0.0143. The molecule has 0 saturated carbocycles. The van der Waals surface area contributed by atoms with Crippen LogP contribution in [-0.4, -0.2) is 80.8 Å². The molecule has 0 aromatic heterocycles. The van der Waals surface area contributed by atoms with Gasteiger partial charge in [-0.3, -0.25) is 9.59 Å². The molecule has 1 fully saturated rings. The van der Waals surface area contributed by atoms with Crippen LogP contribution in [0.15, 0.2) is 18.2 Å². The van der Waals surface area contributed by atoms with Crippen LogP contribution in [0.1, 0.15) is 42.1 Å². The third-order valence-corrected chi connectivity index (χ3v) is 6.08. The summed E-state index contributed by atoms with van der Waals surface area (Å²) in [5, 5.41) is 9.29. The number of rotatable bonds is 1. The van der Waals surface area contributed by atoms with Crippen LogP contribution in [0.2, 0.25) is 0 Å². The summed E-state index contributed by atoms with van der Waals surface area (Å²) in [6, 6.07) is 6.86. The predicted molar refractivity (Wildman–Crippen MR) is 114 cm³/mol. The van der Waals surface area contributed by atoms with Crippen molar-refractivity contribution >= 4 is 11.8 Å². The molecule has 31 heavy (non-hydrogen) atoms. The Labute approximate surface area is 183 Å². The summed E-state index contributed by atoms with van der Waals surface area (Å²) in [6.45, 7) is 2.91. The molecule has 2 bridgehead atoms. The van der Waals surface area contributed by atoms with Gasteiger partial charge in [0.15, 0.2) is 0 Å². The van der Waals surface area contributed by atoms with Crippen LogP contribution in [0.5, 0.6) is 5.75 Å². The van der Waals surface area contributed by atoms with Crippen LogP contribution >= 0.6 is 0 Å². The molecule has 8 heteroatoms. The van der Waals surface area contributed by atoms with Crippen LogP contribution in [0.4, 0.5) is 0 Å². The van der Waals surface area contributed by atoms with Crippen molar-refractivity contribution in [2.45, 2.75) is 44.5 Å². The summed E-state index contributed by atoms with van der Waals surface area (Å²) >= 11 is 0. The first-order valence-corrected chi connectivity index (χ1v) is 10.7. The summed E-state index contributed by atoms with van der Waals surface area (Å²) < 4.78 is 17.9. The number of benzene rings is 1. The molecule has 0 radical (unpaired) electrons. The van der Waals surface area contributed by atoms with Crippen molar-refractivity contribution in [1.82, 2.24) is 9.80 Å². The molecule has 0 spiro atoms. The number of methoxy groups -OCH3 is 1. The summed E-state index contributed by atoms with van der Waals surface area (Å²) in [7, 11) is 5.10. The number of ether oxygens (including phenoxy) is 3. The van der Waals surface area contributed by atoms with Gasteiger partial charge in [0, 0.05) is 34.3 Å². The first-order chi connectivity index (χ1) is 14.8. The lowest BCUT2D eigenvalue weighted by Gasteiger charge is -2.36. The van der Waals surface area contributed by atoms with E-state index in [1.165, 1.54) is 11.0 Å². The summed E-state index contributed by atoms with van der Waals surface area (Å²) in [5.74, 6) is -0.276. The van der Waals surface area contributed by atoms with Crippen molar-refractivity contribution in [2.75, 3.05) is 40.9 Å². The van der Waals surface area contributed by atoms with Crippen molar-refractivity contribution in [3.8, 4) is 11.8 Å². The van der Waals surface area contributed by atoms with E-state index < -0.39 is 0 Å². The average Bonchev–Trinajstić information content (AvgIpc) is 2.79. The number of nitrogens with zero attached hydrogens (tertiary/aromatic N) is 3. The van der Waals surface area contributed by atoms with E-state index in [9.17, 15) is 14.9 Å². The molecule has 1 saturated heterocycles. The quantitative estimate of drug-likeness (QED) is 0.679. The fourth-order valence-corrected chi connectivity index (χ4v) is 4.23. The fourth-order valence-electron chi connectivity index (χ4n) is 4.23. The largest absolute Gasteiger partial charge is 0.490 e. The highest BCUT2D eigenvalue weighted by molar-refractivity contribution is 5.97. The smallest absolute Gasteiger partial charge is 0.257 e. The van der Waals surface area contributed by atoms with E-state index in [4.69, 9.17) is 14.2 Å². The molecule has 1 aromatic carbocycles. The van der Waals surface area contributed by atoms with Gasteiger partial charge in [0.05, 0.1) is 35.3 Å². The highest BCUT2D eigenvalue weighted by Crippen LogP contribution is 2.27. The van der Waals surface area contributed by atoms with E-state index in [-0.39, 0.29) is 49.2 Å². The van der Waals surface area contributed by atoms with E-state index in [1.54, 1.807) is 38.2 Å². The molecule has 0 N–H and O–H groups in total. The first-order valence-electron chi connectivity index (χ1n) is 10.7. The maximum Gasteiger partial charge on any atom is 0.257 e. The second kappa shape index (κ2) is 10.1. The zero-order valence-electron chi connectivity index (χ0n) is 18.7. The van der Waals surface area contributed by atoms with E-state index in [1.807, 2.05) is 6.92 Å². The van der Waals surface area contributed by atoms with Gasteiger partial charge in [0.25, 0.3) is 5.91 Å². The lowest BCUT2D eigenvalue weighted by molar-refractivity contribution is -0.146. The van der Waals surface area contributed by atoms with Gasteiger partial charge in [-0.1, -0.05) is 6.92 Å². The molecule has 8 nitrogen and oxygen atoms in total. The van der Waals surface area contributed by atoms with Crippen molar-refractivity contribution in [1.29, 1.82) is 5.26 Å². The average molecular weight is 430 g/mol. The summed E-state index contributed by atoms with van der Waals surface area (Å²) in [5.41, 5.74) is 0.667. The number of hydrogen-bond acceptors (Lipinski definition) is 6. The normalized spacial score (nSPS) is 28.1. The van der Waals surface area contributed by atoms with Gasteiger partial charge in [0.2, 0.25) is 5.91 Å².